The summed E-state index contributed by atoms with van der Waals surface area (Å²) >= 11 is 0. The van der Waals surface area contributed by atoms with Crippen LogP contribution in [0.3, 0.4) is 0 Å². The number of benzene rings is 2. The van der Waals surface area contributed by atoms with Crippen LogP contribution < -0.4 is 15.0 Å². The van der Waals surface area contributed by atoms with Crippen LogP contribution in [-0.2, 0) is 24.1 Å². The summed E-state index contributed by atoms with van der Waals surface area (Å²) in [5.41, 5.74) is 1.38. The first-order valence-electron chi connectivity index (χ1n) is 9.30. The molecular weight excluding hydrogens is 369 g/mol. The maximum Gasteiger partial charge on any atom is 0.416 e. The van der Waals surface area contributed by atoms with Crippen molar-refractivity contribution in [2.75, 3.05) is 19.7 Å². The molecule has 0 radical (unpaired) electrons. The van der Waals surface area contributed by atoms with Gasteiger partial charge in [0, 0.05) is 12.1 Å². The van der Waals surface area contributed by atoms with Crippen molar-refractivity contribution in [3.63, 3.8) is 0 Å². The van der Waals surface area contributed by atoms with E-state index in [2.05, 4.69) is 19.2 Å². The monoisotopic (exact) mass is 395 g/mol. The van der Waals surface area contributed by atoms with Gasteiger partial charge in [0.05, 0.1) is 18.7 Å². The number of carbonyl (C=O) groups excluding carboxylic acids is 1. The number of alkyl halides is 3. The molecule has 28 heavy (non-hydrogen) atoms. The summed E-state index contributed by atoms with van der Waals surface area (Å²) in [5.74, 6) is -0.387. The maximum atomic E-state index is 12.7. The predicted molar refractivity (Wildman–Crippen MR) is 101 cm³/mol. The molecule has 2 aromatic rings. The lowest BCUT2D eigenvalue weighted by atomic mass is 10.1. The number of hydrogen-bond donors (Lipinski definition) is 2. The highest BCUT2D eigenvalue weighted by atomic mass is 19.4. The molecule has 0 aliphatic rings. The Bertz CT molecular complexity index is 757. The lowest BCUT2D eigenvalue weighted by molar-refractivity contribution is -0.910. The van der Waals surface area contributed by atoms with Crippen LogP contribution in [0, 0.1) is 0 Å². The molecule has 0 spiro atoms. The van der Waals surface area contributed by atoms with E-state index in [0.29, 0.717) is 6.54 Å². The minimum Gasteiger partial charge on any atom is -0.484 e. The van der Waals surface area contributed by atoms with E-state index in [9.17, 15) is 18.0 Å². The van der Waals surface area contributed by atoms with Gasteiger partial charge in [0.1, 0.15) is 12.3 Å². The first-order valence-corrected chi connectivity index (χ1v) is 9.30. The summed E-state index contributed by atoms with van der Waals surface area (Å²) in [6.07, 6.45) is -4.44. The zero-order valence-corrected chi connectivity index (χ0v) is 16.1. The van der Waals surface area contributed by atoms with Crippen molar-refractivity contribution in [2.45, 2.75) is 33.1 Å². The van der Waals surface area contributed by atoms with E-state index in [1.807, 2.05) is 24.3 Å². The fourth-order valence-corrected chi connectivity index (χ4v) is 2.73. The van der Waals surface area contributed by atoms with Crippen LogP contribution in [0.15, 0.2) is 48.5 Å². The number of carbonyl (C=O) groups is 1. The van der Waals surface area contributed by atoms with Crippen LogP contribution in [0.2, 0.25) is 0 Å². The highest BCUT2D eigenvalue weighted by molar-refractivity contribution is 5.77. The summed E-state index contributed by atoms with van der Waals surface area (Å²) in [6.45, 7) is 7.41. The van der Waals surface area contributed by atoms with E-state index in [4.69, 9.17) is 4.74 Å². The number of rotatable bonds is 9. The number of amides is 1. The van der Waals surface area contributed by atoms with Gasteiger partial charge in [-0.05, 0) is 37.6 Å². The number of ether oxygens (including phenoxy) is 1. The van der Waals surface area contributed by atoms with Crippen molar-refractivity contribution in [3.8, 4) is 5.75 Å². The Kier molecular flexibility index (Phi) is 7.87. The van der Waals surface area contributed by atoms with Crippen molar-refractivity contribution in [2.24, 2.45) is 0 Å². The van der Waals surface area contributed by atoms with Crippen molar-refractivity contribution in [3.05, 3.63) is 65.2 Å². The summed E-state index contributed by atoms with van der Waals surface area (Å²) < 4.78 is 43.2. The molecule has 152 valence electrons. The Labute approximate surface area is 163 Å². The number of nitrogens with one attached hydrogen (secondary N) is 2. The standard InChI is InChI=1S/C21H25F3N2O2/c1-3-26(4-2)14-17-10-8-16(9-11-17)13-25-20(27)15-28-19-7-5-6-18(12-19)21(22,23)24/h5-12H,3-4,13-15H2,1-2H3,(H,25,27)/p+1. The second kappa shape index (κ2) is 10.1. The quantitative estimate of drug-likeness (QED) is 0.686. The molecule has 0 atom stereocenters. The topological polar surface area (TPSA) is 42.8 Å². The van der Waals surface area contributed by atoms with Crippen LogP contribution in [0.25, 0.3) is 0 Å². The van der Waals surface area contributed by atoms with E-state index in [1.54, 1.807) is 0 Å². The molecule has 2 rings (SSSR count). The van der Waals surface area contributed by atoms with Crippen molar-refractivity contribution >= 4 is 5.91 Å². The Hall–Kier alpha value is -2.54. The molecule has 7 heteroatoms. The zero-order valence-electron chi connectivity index (χ0n) is 16.1. The molecule has 2 N–H and O–H groups in total. The fraction of sp³-hybridized carbons (Fsp3) is 0.381. The fourth-order valence-electron chi connectivity index (χ4n) is 2.73. The molecule has 1 amide bonds. The third-order valence-corrected chi connectivity index (χ3v) is 4.50. The summed E-state index contributed by atoms with van der Waals surface area (Å²) in [6, 6.07) is 12.5. The van der Waals surface area contributed by atoms with E-state index in [1.165, 1.54) is 22.6 Å². The molecule has 0 fully saturated rings. The van der Waals surface area contributed by atoms with Crippen LogP contribution in [0.5, 0.6) is 5.75 Å². The van der Waals surface area contributed by atoms with Gasteiger partial charge in [0.15, 0.2) is 6.61 Å². The lowest BCUT2D eigenvalue weighted by Gasteiger charge is -2.15. The SMILES string of the molecule is CC[NH+](CC)Cc1ccc(CNC(=O)COc2cccc(C(F)(F)F)c2)cc1. The molecule has 0 heterocycles. The molecular formula is C21H26F3N2O2+. The Morgan fingerprint density at radius 1 is 1.04 bits per heavy atom. The van der Waals surface area contributed by atoms with E-state index >= 15 is 0 Å². The van der Waals surface area contributed by atoms with Crippen LogP contribution >= 0.6 is 0 Å². The average molecular weight is 395 g/mol. The number of quaternary nitrogens is 1. The van der Waals surface area contributed by atoms with Crippen LogP contribution in [0.4, 0.5) is 13.2 Å². The molecule has 0 aliphatic carbocycles. The van der Waals surface area contributed by atoms with Gasteiger partial charge in [0.2, 0.25) is 0 Å². The largest absolute Gasteiger partial charge is 0.484 e. The van der Waals surface area contributed by atoms with Crippen LogP contribution in [-0.4, -0.2) is 25.6 Å². The third kappa shape index (κ3) is 6.88. The molecule has 0 saturated heterocycles. The highest BCUT2D eigenvalue weighted by Crippen LogP contribution is 2.31. The Balaban J connectivity index is 1.80. The molecule has 0 bridgehead atoms. The van der Waals surface area contributed by atoms with Crippen molar-refractivity contribution < 1.29 is 27.6 Å². The predicted octanol–water partition coefficient (Wildman–Crippen LogP) is 2.83. The Morgan fingerprint density at radius 2 is 1.68 bits per heavy atom. The molecule has 0 saturated carbocycles. The van der Waals surface area contributed by atoms with Gasteiger partial charge < -0.3 is 15.0 Å². The normalized spacial score (nSPS) is 11.5. The summed E-state index contributed by atoms with van der Waals surface area (Å²) in [5, 5.41) is 2.71. The molecule has 0 aliphatic heterocycles. The molecule has 0 unspecified atom stereocenters. The minimum atomic E-state index is -4.44. The Morgan fingerprint density at radius 3 is 2.29 bits per heavy atom. The van der Waals surface area contributed by atoms with Gasteiger partial charge in [-0.1, -0.05) is 30.3 Å². The van der Waals surface area contributed by atoms with Crippen molar-refractivity contribution in [1.82, 2.24) is 5.32 Å². The van der Waals surface area contributed by atoms with Gasteiger partial charge in [-0.15, -0.1) is 0 Å². The van der Waals surface area contributed by atoms with E-state index in [0.717, 1.165) is 37.3 Å². The summed E-state index contributed by atoms with van der Waals surface area (Å²) in [4.78, 5) is 13.4. The van der Waals surface area contributed by atoms with Gasteiger partial charge in [-0.2, -0.15) is 13.2 Å². The van der Waals surface area contributed by atoms with Gasteiger partial charge in [-0.3, -0.25) is 4.79 Å². The average Bonchev–Trinajstić information content (AvgIpc) is 2.69. The smallest absolute Gasteiger partial charge is 0.416 e. The molecule has 0 aromatic heterocycles. The number of halogens is 3. The second-order valence-corrected chi connectivity index (χ2v) is 6.54. The second-order valence-electron chi connectivity index (χ2n) is 6.54. The van der Waals surface area contributed by atoms with Gasteiger partial charge in [0.25, 0.3) is 5.91 Å². The summed E-state index contributed by atoms with van der Waals surface area (Å²) in [7, 11) is 0. The third-order valence-electron chi connectivity index (χ3n) is 4.50. The van der Waals surface area contributed by atoms with Crippen molar-refractivity contribution in [1.29, 1.82) is 0 Å². The number of hydrogen-bond acceptors (Lipinski definition) is 2. The zero-order chi connectivity index (χ0) is 20.6. The first-order chi connectivity index (χ1) is 13.3. The van der Waals surface area contributed by atoms with Gasteiger partial charge >= 0.3 is 6.18 Å². The van der Waals surface area contributed by atoms with Crippen LogP contribution in [0.1, 0.15) is 30.5 Å². The maximum absolute atomic E-state index is 12.7. The molecule has 4 nitrogen and oxygen atoms in total. The van der Waals surface area contributed by atoms with E-state index in [-0.39, 0.29) is 12.4 Å². The minimum absolute atomic E-state index is 0.00762. The van der Waals surface area contributed by atoms with E-state index < -0.39 is 17.6 Å². The molecule has 2 aromatic carbocycles. The first kappa shape index (κ1) is 21.8. The van der Waals surface area contributed by atoms with Gasteiger partial charge in [-0.25, -0.2) is 0 Å². The lowest BCUT2D eigenvalue weighted by Crippen LogP contribution is -3.10. The highest BCUT2D eigenvalue weighted by Gasteiger charge is 2.30.